The number of rotatable bonds is 9. The first-order valence-corrected chi connectivity index (χ1v) is 6.63. The number of hydrogen-bond acceptors (Lipinski definition) is 4. The second-order valence-electron chi connectivity index (χ2n) is 4.85. The monoisotopic (exact) mass is 255 g/mol. The molecule has 1 rings (SSSR count). The maximum atomic E-state index is 6.05. The van der Waals surface area contributed by atoms with Crippen LogP contribution in [-0.2, 0) is 9.47 Å². The van der Waals surface area contributed by atoms with Crippen LogP contribution in [0.25, 0.3) is 0 Å². The maximum Gasteiger partial charge on any atom is 0.134 e. The van der Waals surface area contributed by atoms with Gasteiger partial charge in [-0.3, -0.25) is 0 Å². The SMILES string of the molecule is CCC(N)C(OCCOCC(C)C)c1ccco1. The molecule has 0 bridgehead atoms. The van der Waals surface area contributed by atoms with Crippen LogP contribution in [0.15, 0.2) is 22.8 Å². The number of ether oxygens (including phenoxy) is 2. The summed E-state index contributed by atoms with van der Waals surface area (Å²) in [5, 5.41) is 0. The molecule has 2 atom stereocenters. The predicted octanol–water partition coefficient (Wildman–Crippen LogP) is 2.75. The molecule has 4 heteroatoms. The fraction of sp³-hybridized carbons (Fsp3) is 0.714. The van der Waals surface area contributed by atoms with E-state index in [1.165, 1.54) is 0 Å². The average molecular weight is 255 g/mol. The molecular weight excluding hydrogens is 230 g/mol. The molecule has 1 aromatic rings. The van der Waals surface area contributed by atoms with Crippen LogP contribution in [0.5, 0.6) is 0 Å². The number of hydrogen-bond donors (Lipinski definition) is 1. The summed E-state index contributed by atoms with van der Waals surface area (Å²) in [7, 11) is 0. The minimum absolute atomic E-state index is 0.0544. The van der Waals surface area contributed by atoms with Crippen molar-refractivity contribution >= 4 is 0 Å². The van der Waals surface area contributed by atoms with E-state index in [0.29, 0.717) is 19.1 Å². The third-order valence-corrected chi connectivity index (χ3v) is 2.66. The summed E-state index contributed by atoms with van der Waals surface area (Å²) in [4.78, 5) is 0. The van der Waals surface area contributed by atoms with E-state index in [4.69, 9.17) is 19.6 Å². The van der Waals surface area contributed by atoms with Crippen molar-refractivity contribution in [3.8, 4) is 0 Å². The Labute approximate surface area is 109 Å². The van der Waals surface area contributed by atoms with Gasteiger partial charge in [-0.25, -0.2) is 0 Å². The van der Waals surface area contributed by atoms with Crippen LogP contribution in [0, 0.1) is 5.92 Å². The van der Waals surface area contributed by atoms with E-state index in [0.717, 1.165) is 18.8 Å². The molecule has 0 saturated carbocycles. The highest BCUT2D eigenvalue weighted by atomic mass is 16.5. The zero-order valence-electron chi connectivity index (χ0n) is 11.6. The van der Waals surface area contributed by atoms with E-state index >= 15 is 0 Å². The van der Waals surface area contributed by atoms with Gasteiger partial charge in [0.05, 0.1) is 19.5 Å². The Hall–Kier alpha value is -0.840. The van der Waals surface area contributed by atoms with Crippen molar-refractivity contribution in [1.29, 1.82) is 0 Å². The molecule has 0 radical (unpaired) electrons. The predicted molar refractivity (Wildman–Crippen MR) is 71.3 cm³/mol. The quantitative estimate of drug-likeness (QED) is 0.689. The molecule has 0 saturated heterocycles. The summed E-state index contributed by atoms with van der Waals surface area (Å²) in [5.74, 6) is 1.33. The molecule has 2 N–H and O–H groups in total. The Balaban J connectivity index is 2.34. The van der Waals surface area contributed by atoms with Gasteiger partial charge in [0.1, 0.15) is 11.9 Å². The largest absolute Gasteiger partial charge is 0.467 e. The van der Waals surface area contributed by atoms with Crippen molar-refractivity contribution in [3.05, 3.63) is 24.2 Å². The van der Waals surface area contributed by atoms with Crippen molar-refractivity contribution in [1.82, 2.24) is 0 Å². The zero-order chi connectivity index (χ0) is 13.4. The van der Waals surface area contributed by atoms with Crippen molar-refractivity contribution in [2.24, 2.45) is 11.7 Å². The molecule has 18 heavy (non-hydrogen) atoms. The van der Waals surface area contributed by atoms with E-state index in [1.807, 2.05) is 19.1 Å². The summed E-state index contributed by atoms with van der Waals surface area (Å²) >= 11 is 0. The van der Waals surface area contributed by atoms with Gasteiger partial charge in [0, 0.05) is 12.6 Å². The molecule has 0 spiro atoms. The third kappa shape index (κ3) is 5.21. The second kappa shape index (κ2) is 8.29. The lowest BCUT2D eigenvalue weighted by Crippen LogP contribution is -2.30. The fourth-order valence-electron chi connectivity index (χ4n) is 1.64. The molecule has 4 nitrogen and oxygen atoms in total. The highest BCUT2D eigenvalue weighted by Crippen LogP contribution is 2.22. The molecule has 0 aliphatic carbocycles. The Morgan fingerprint density at radius 2 is 2.11 bits per heavy atom. The lowest BCUT2D eigenvalue weighted by molar-refractivity contribution is -0.0208. The first-order valence-electron chi connectivity index (χ1n) is 6.63. The zero-order valence-corrected chi connectivity index (χ0v) is 11.6. The van der Waals surface area contributed by atoms with Crippen molar-refractivity contribution < 1.29 is 13.9 Å². The van der Waals surface area contributed by atoms with Crippen molar-refractivity contribution in [2.75, 3.05) is 19.8 Å². The Bertz CT molecular complexity index is 298. The highest BCUT2D eigenvalue weighted by Gasteiger charge is 2.21. The summed E-state index contributed by atoms with van der Waals surface area (Å²) in [6.45, 7) is 8.17. The standard InChI is InChI=1S/C14H25NO3/c1-4-12(15)14(13-6-5-7-17-13)18-9-8-16-10-11(2)3/h5-7,11-12,14H,4,8-10,15H2,1-3H3. The number of nitrogens with two attached hydrogens (primary N) is 1. The van der Waals surface area contributed by atoms with Gasteiger partial charge in [0.15, 0.2) is 0 Å². The van der Waals surface area contributed by atoms with Gasteiger partial charge in [-0.2, -0.15) is 0 Å². The first kappa shape index (κ1) is 15.2. The van der Waals surface area contributed by atoms with Crippen LogP contribution in [0.3, 0.4) is 0 Å². The second-order valence-corrected chi connectivity index (χ2v) is 4.85. The molecule has 1 aromatic heterocycles. The van der Waals surface area contributed by atoms with Crippen LogP contribution in [0.1, 0.15) is 39.1 Å². The Kier molecular flexibility index (Phi) is 7.01. The van der Waals surface area contributed by atoms with Crippen LogP contribution in [-0.4, -0.2) is 25.9 Å². The summed E-state index contributed by atoms with van der Waals surface area (Å²) in [6, 6.07) is 3.69. The van der Waals surface area contributed by atoms with Gasteiger partial charge in [-0.1, -0.05) is 20.8 Å². The molecule has 1 heterocycles. The van der Waals surface area contributed by atoms with Crippen LogP contribution in [0.4, 0.5) is 0 Å². The molecular formula is C14H25NO3. The summed E-state index contributed by atoms with van der Waals surface area (Å²) in [6.07, 6.45) is 2.30. The van der Waals surface area contributed by atoms with Crippen LogP contribution < -0.4 is 5.73 Å². The molecule has 0 aliphatic heterocycles. The minimum Gasteiger partial charge on any atom is -0.467 e. The molecule has 0 amide bonds. The first-order chi connectivity index (χ1) is 8.65. The average Bonchev–Trinajstić information content (AvgIpc) is 2.86. The Morgan fingerprint density at radius 3 is 2.67 bits per heavy atom. The van der Waals surface area contributed by atoms with E-state index in [2.05, 4.69) is 13.8 Å². The van der Waals surface area contributed by atoms with E-state index in [-0.39, 0.29) is 12.1 Å². The van der Waals surface area contributed by atoms with E-state index in [1.54, 1.807) is 6.26 Å². The van der Waals surface area contributed by atoms with E-state index in [9.17, 15) is 0 Å². The van der Waals surface area contributed by atoms with Crippen LogP contribution >= 0.6 is 0 Å². The van der Waals surface area contributed by atoms with Gasteiger partial charge in [-0.15, -0.1) is 0 Å². The normalized spacial score (nSPS) is 14.9. The maximum absolute atomic E-state index is 6.05. The fourth-order valence-corrected chi connectivity index (χ4v) is 1.64. The van der Waals surface area contributed by atoms with Gasteiger partial charge in [-0.05, 0) is 24.5 Å². The van der Waals surface area contributed by atoms with Gasteiger partial charge >= 0.3 is 0 Å². The minimum atomic E-state index is -0.187. The number of furan rings is 1. The van der Waals surface area contributed by atoms with Crippen LogP contribution in [0.2, 0.25) is 0 Å². The van der Waals surface area contributed by atoms with E-state index < -0.39 is 0 Å². The summed E-state index contributed by atoms with van der Waals surface area (Å²) in [5.41, 5.74) is 6.05. The van der Waals surface area contributed by atoms with Gasteiger partial charge in [0.25, 0.3) is 0 Å². The molecule has 0 fully saturated rings. The van der Waals surface area contributed by atoms with Gasteiger partial charge in [0.2, 0.25) is 0 Å². The lowest BCUT2D eigenvalue weighted by Gasteiger charge is -2.21. The molecule has 2 unspecified atom stereocenters. The lowest BCUT2D eigenvalue weighted by atomic mass is 10.1. The highest BCUT2D eigenvalue weighted by molar-refractivity contribution is 5.04. The smallest absolute Gasteiger partial charge is 0.134 e. The van der Waals surface area contributed by atoms with Crippen molar-refractivity contribution in [2.45, 2.75) is 39.3 Å². The molecule has 104 valence electrons. The molecule has 0 aliphatic rings. The van der Waals surface area contributed by atoms with Gasteiger partial charge < -0.3 is 19.6 Å². The molecule has 0 aromatic carbocycles. The van der Waals surface area contributed by atoms with Crippen molar-refractivity contribution in [3.63, 3.8) is 0 Å². The Morgan fingerprint density at radius 1 is 1.33 bits per heavy atom. The third-order valence-electron chi connectivity index (χ3n) is 2.66. The topological polar surface area (TPSA) is 57.6 Å². The summed E-state index contributed by atoms with van der Waals surface area (Å²) < 4.78 is 16.6.